The van der Waals surface area contributed by atoms with Gasteiger partial charge < -0.3 is 14.5 Å². The number of carbonyl (C=O) groups is 2. The van der Waals surface area contributed by atoms with Gasteiger partial charge in [-0.1, -0.05) is 32.9 Å². The van der Waals surface area contributed by atoms with Gasteiger partial charge in [-0.15, -0.1) is 0 Å². The third-order valence-corrected chi connectivity index (χ3v) is 2.52. The Kier molecular flexibility index (Phi) is 5.09. The number of hydrogen-bond acceptors (Lipinski definition) is 4. The molecule has 0 aliphatic heterocycles. The first-order valence-electron chi connectivity index (χ1n) is 6.29. The van der Waals surface area contributed by atoms with Crippen LogP contribution in [0.4, 0.5) is 0 Å². The van der Waals surface area contributed by atoms with Crippen molar-refractivity contribution in [2.24, 2.45) is 5.92 Å². The molecule has 0 bridgehead atoms. The smallest absolute Gasteiger partial charge is 0.323 e. The van der Waals surface area contributed by atoms with Crippen LogP contribution in [0.3, 0.4) is 0 Å². The van der Waals surface area contributed by atoms with Gasteiger partial charge in [-0.3, -0.25) is 9.59 Å². The summed E-state index contributed by atoms with van der Waals surface area (Å²) in [7, 11) is 0. The van der Waals surface area contributed by atoms with Crippen molar-refractivity contribution in [1.82, 2.24) is 10.1 Å². The molecule has 1 N–H and O–H groups in total. The van der Waals surface area contributed by atoms with Crippen LogP contribution in [0.25, 0.3) is 0 Å². The van der Waals surface area contributed by atoms with E-state index in [2.05, 4.69) is 5.16 Å². The molecule has 0 saturated heterocycles. The Bertz CT molecular complexity index is 451. The summed E-state index contributed by atoms with van der Waals surface area (Å²) in [5.41, 5.74) is 0.158. The van der Waals surface area contributed by atoms with Crippen LogP contribution in [0, 0.1) is 5.92 Å². The van der Waals surface area contributed by atoms with Crippen molar-refractivity contribution in [3.63, 3.8) is 0 Å². The third kappa shape index (κ3) is 4.39. The molecule has 1 aromatic rings. The fraction of sp³-hybridized carbons (Fsp3) is 0.615. The van der Waals surface area contributed by atoms with E-state index >= 15 is 0 Å². The molecule has 1 aromatic heterocycles. The molecular formula is C13H20N2O4. The summed E-state index contributed by atoms with van der Waals surface area (Å²) in [4.78, 5) is 24.3. The summed E-state index contributed by atoms with van der Waals surface area (Å²) < 4.78 is 5.06. The molecule has 0 aliphatic rings. The second kappa shape index (κ2) is 6.36. The molecular weight excluding hydrogens is 248 g/mol. The van der Waals surface area contributed by atoms with Crippen LogP contribution in [0.15, 0.2) is 10.6 Å². The molecule has 0 aromatic carbocycles. The molecule has 1 rings (SSSR count). The van der Waals surface area contributed by atoms with Gasteiger partial charge >= 0.3 is 5.97 Å². The first-order valence-corrected chi connectivity index (χ1v) is 6.29. The lowest BCUT2D eigenvalue weighted by Gasteiger charge is -2.21. The monoisotopic (exact) mass is 268 g/mol. The van der Waals surface area contributed by atoms with Gasteiger partial charge in [-0.05, 0) is 5.92 Å². The van der Waals surface area contributed by atoms with Crippen LogP contribution in [0.5, 0.6) is 0 Å². The zero-order chi connectivity index (χ0) is 14.6. The van der Waals surface area contributed by atoms with E-state index < -0.39 is 11.9 Å². The predicted molar refractivity (Wildman–Crippen MR) is 69.0 cm³/mol. The second-order valence-corrected chi connectivity index (χ2v) is 5.24. The lowest BCUT2D eigenvalue weighted by molar-refractivity contribution is -0.137. The van der Waals surface area contributed by atoms with Crippen molar-refractivity contribution in [2.45, 2.75) is 33.6 Å². The number of aromatic nitrogens is 1. The Hall–Kier alpha value is -1.85. The van der Waals surface area contributed by atoms with Crippen molar-refractivity contribution in [1.29, 1.82) is 0 Å². The Labute approximate surface area is 112 Å². The predicted octanol–water partition coefficient (Wildman–Crippen LogP) is 1.98. The summed E-state index contributed by atoms with van der Waals surface area (Å²) in [5, 5.41) is 12.6. The standard InChI is InChI=1S/C13H20N2O4/c1-8(2)6-15(7-12(16)17)13(18)10-5-11(9(3)4)19-14-10/h5,8-9H,6-7H2,1-4H3,(H,16,17). The van der Waals surface area contributed by atoms with E-state index in [0.717, 1.165) is 0 Å². The minimum atomic E-state index is -1.04. The number of aliphatic carboxylic acids is 1. The van der Waals surface area contributed by atoms with Gasteiger partial charge in [0.1, 0.15) is 12.3 Å². The van der Waals surface area contributed by atoms with Crippen LogP contribution >= 0.6 is 0 Å². The van der Waals surface area contributed by atoms with Gasteiger partial charge in [0, 0.05) is 18.5 Å². The molecule has 0 atom stereocenters. The summed E-state index contributed by atoms with van der Waals surface area (Å²) in [6.07, 6.45) is 0. The van der Waals surface area contributed by atoms with Crippen LogP contribution in [0.1, 0.15) is 49.9 Å². The van der Waals surface area contributed by atoms with Crippen molar-refractivity contribution < 1.29 is 19.2 Å². The lowest BCUT2D eigenvalue weighted by atomic mass is 10.1. The molecule has 19 heavy (non-hydrogen) atoms. The number of nitrogens with zero attached hydrogens (tertiary/aromatic N) is 2. The van der Waals surface area contributed by atoms with Gasteiger partial charge in [-0.25, -0.2) is 0 Å². The SMILES string of the molecule is CC(C)CN(CC(=O)O)C(=O)c1cc(C(C)C)on1. The molecule has 1 heterocycles. The minimum Gasteiger partial charge on any atom is -0.480 e. The Balaban J connectivity index is 2.87. The molecule has 0 aliphatic carbocycles. The normalized spacial score (nSPS) is 11.1. The maximum absolute atomic E-state index is 12.2. The molecule has 6 nitrogen and oxygen atoms in total. The summed E-state index contributed by atoms with van der Waals surface area (Å²) in [6.45, 7) is 7.74. The average molecular weight is 268 g/mol. The highest BCUT2D eigenvalue weighted by Gasteiger charge is 2.23. The van der Waals surface area contributed by atoms with Gasteiger partial charge in [0.05, 0.1) is 0 Å². The topological polar surface area (TPSA) is 83.6 Å². The van der Waals surface area contributed by atoms with Crippen LogP contribution < -0.4 is 0 Å². The maximum atomic E-state index is 12.2. The first-order chi connectivity index (χ1) is 8.81. The number of amides is 1. The number of rotatable bonds is 6. The highest BCUT2D eigenvalue weighted by Crippen LogP contribution is 2.16. The Morgan fingerprint density at radius 1 is 1.37 bits per heavy atom. The van der Waals surface area contributed by atoms with Crippen molar-refractivity contribution in [3.05, 3.63) is 17.5 Å². The largest absolute Gasteiger partial charge is 0.480 e. The van der Waals surface area contributed by atoms with Crippen molar-refractivity contribution in [2.75, 3.05) is 13.1 Å². The number of carbonyl (C=O) groups excluding carboxylic acids is 1. The molecule has 0 fully saturated rings. The minimum absolute atomic E-state index is 0.132. The molecule has 1 amide bonds. The third-order valence-electron chi connectivity index (χ3n) is 2.52. The maximum Gasteiger partial charge on any atom is 0.323 e. The Morgan fingerprint density at radius 2 is 2.00 bits per heavy atom. The van der Waals surface area contributed by atoms with E-state index in [1.54, 1.807) is 6.07 Å². The molecule has 6 heteroatoms. The fourth-order valence-corrected chi connectivity index (χ4v) is 1.65. The highest BCUT2D eigenvalue weighted by atomic mass is 16.5. The van der Waals surface area contributed by atoms with Gasteiger partial charge in [-0.2, -0.15) is 0 Å². The molecule has 0 spiro atoms. The van der Waals surface area contributed by atoms with E-state index in [1.165, 1.54) is 4.90 Å². The number of carboxylic acid groups (broad SMARTS) is 1. The molecule has 0 saturated carbocycles. The van der Waals surface area contributed by atoms with E-state index in [9.17, 15) is 9.59 Å². The summed E-state index contributed by atoms with van der Waals surface area (Å²) in [6, 6.07) is 1.57. The quantitative estimate of drug-likeness (QED) is 0.852. The second-order valence-electron chi connectivity index (χ2n) is 5.24. The van der Waals surface area contributed by atoms with Crippen LogP contribution in [-0.2, 0) is 4.79 Å². The number of hydrogen-bond donors (Lipinski definition) is 1. The highest BCUT2D eigenvalue weighted by molar-refractivity contribution is 5.94. The van der Waals surface area contributed by atoms with E-state index in [0.29, 0.717) is 12.3 Å². The van der Waals surface area contributed by atoms with Gasteiger partial charge in [0.15, 0.2) is 5.69 Å². The average Bonchev–Trinajstić information content (AvgIpc) is 2.75. The number of carboxylic acids is 1. The van der Waals surface area contributed by atoms with Gasteiger partial charge in [0.25, 0.3) is 5.91 Å². The fourth-order valence-electron chi connectivity index (χ4n) is 1.65. The zero-order valence-corrected chi connectivity index (χ0v) is 11.7. The van der Waals surface area contributed by atoms with Crippen molar-refractivity contribution >= 4 is 11.9 Å². The molecule has 106 valence electrons. The molecule has 0 radical (unpaired) electrons. The van der Waals surface area contributed by atoms with E-state index in [1.807, 2.05) is 27.7 Å². The van der Waals surface area contributed by atoms with Gasteiger partial charge in [0.2, 0.25) is 0 Å². The van der Waals surface area contributed by atoms with E-state index in [-0.39, 0.29) is 24.1 Å². The lowest BCUT2D eigenvalue weighted by Crippen LogP contribution is -2.38. The summed E-state index contributed by atoms with van der Waals surface area (Å²) in [5.74, 6) is -0.525. The van der Waals surface area contributed by atoms with Crippen molar-refractivity contribution in [3.8, 4) is 0 Å². The first kappa shape index (κ1) is 15.2. The summed E-state index contributed by atoms with van der Waals surface area (Å²) >= 11 is 0. The zero-order valence-electron chi connectivity index (χ0n) is 11.7. The van der Waals surface area contributed by atoms with Crippen LogP contribution in [-0.4, -0.2) is 40.1 Å². The molecule has 0 unspecified atom stereocenters. The van der Waals surface area contributed by atoms with Crippen LogP contribution in [0.2, 0.25) is 0 Å². The Morgan fingerprint density at radius 3 is 2.42 bits per heavy atom. The van der Waals surface area contributed by atoms with E-state index in [4.69, 9.17) is 9.63 Å².